The van der Waals surface area contributed by atoms with Crippen LogP contribution in [0.5, 0.6) is 0 Å². The quantitative estimate of drug-likeness (QED) is 0.212. The fourth-order valence-electron chi connectivity index (χ4n) is 0.753. The van der Waals surface area contributed by atoms with E-state index in [0.29, 0.717) is 13.1 Å². The molecule has 0 aliphatic rings. The second kappa shape index (κ2) is 5.57. The summed E-state index contributed by atoms with van der Waals surface area (Å²) in [6.07, 6.45) is 0.899. The molecule has 0 aliphatic carbocycles. The minimum atomic E-state index is 0.0311. The van der Waals surface area contributed by atoms with Crippen LogP contribution in [0.25, 0.3) is 0 Å². The zero-order valence-electron chi connectivity index (χ0n) is 6.38. The summed E-state index contributed by atoms with van der Waals surface area (Å²) in [4.78, 5) is 0. The van der Waals surface area contributed by atoms with E-state index in [-0.39, 0.29) is 6.17 Å². The van der Waals surface area contributed by atoms with Crippen LogP contribution in [-0.4, -0.2) is 24.3 Å². The predicted molar refractivity (Wildman–Crippen MR) is 41.3 cm³/mol. The lowest BCUT2D eigenvalue weighted by molar-refractivity contribution is 0.168. The van der Waals surface area contributed by atoms with Crippen LogP contribution in [0.2, 0.25) is 0 Å². The molecule has 0 aliphatic heterocycles. The van der Waals surface area contributed by atoms with Crippen molar-refractivity contribution in [3.8, 4) is 0 Å². The van der Waals surface area contributed by atoms with Gasteiger partial charge in [-0.15, -0.1) is 0 Å². The molecular weight excluding hydrogens is 130 g/mol. The predicted octanol–water partition coefficient (Wildman–Crippen LogP) is -1.68. The van der Waals surface area contributed by atoms with Gasteiger partial charge in [0.2, 0.25) is 0 Å². The average Bonchev–Trinajstić information content (AvgIpc) is 1.91. The Morgan fingerprint density at radius 2 is 2.20 bits per heavy atom. The van der Waals surface area contributed by atoms with Crippen molar-refractivity contribution >= 4 is 0 Å². The zero-order chi connectivity index (χ0) is 7.98. The second-order valence-corrected chi connectivity index (χ2v) is 2.12. The SMILES string of the molecule is CCC(NN)N(N)CCN. The van der Waals surface area contributed by atoms with Crippen molar-refractivity contribution in [1.29, 1.82) is 0 Å². The molecule has 0 saturated carbocycles. The van der Waals surface area contributed by atoms with E-state index in [1.54, 1.807) is 5.01 Å². The molecule has 5 heteroatoms. The molecule has 7 N–H and O–H groups in total. The van der Waals surface area contributed by atoms with Gasteiger partial charge in [-0.1, -0.05) is 6.92 Å². The summed E-state index contributed by atoms with van der Waals surface area (Å²) < 4.78 is 0. The highest BCUT2D eigenvalue weighted by molar-refractivity contribution is 4.58. The van der Waals surface area contributed by atoms with Crippen LogP contribution in [0, 0.1) is 0 Å². The first-order valence-corrected chi connectivity index (χ1v) is 3.43. The van der Waals surface area contributed by atoms with Gasteiger partial charge in [-0.05, 0) is 6.42 Å². The molecule has 0 aromatic carbocycles. The number of nitrogens with two attached hydrogens (primary N) is 3. The standard InChI is InChI=1S/C5H17N5/c1-2-5(9-7)10(8)4-3-6/h5,9H,2-4,6-8H2,1H3. The molecular formula is C5H17N5. The molecule has 0 fully saturated rings. The fourth-order valence-corrected chi connectivity index (χ4v) is 0.753. The third kappa shape index (κ3) is 3.09. The Labute approximate surface area is 61.5 Å². The zero-order valence-corrected chi connectivity index (χ0v) is 6.38. The minimum absolute atomic E-state index is 0.0311. The van der Waals surface area contributed by atoms with Crippen molar-refractivity contribution in [3.05, 3.63) is 0 Å². The first-order valence-electron chi connectivity index (χ1n) is 3.43. The highest BCUT2D eigenvalue weighted by Crippen LogP contribution is 1.90. The number of hydrogen-bond donors (Lipinski definition) is 4. The molecule has 0 bridgehead atoms. The number of nitrogens with one attached hydrogen (secondary N) is 1. The Hall–Kier alpha value is -0.200. The van der Waals surface area contributed by atoms with Crippen molar-refractivity contribution in [2.45, 2.75) is 19.5 Å². The van der Waals surface area contributed by atoms with Crippen LogP contribution >= 0.6 is 0 Å². The van der Waals surface area contributed by atoms with Gasteiger partial charge in [-0.25, -0.2) is 10.4 Å². The number of nitrogens with zero attached hydrogens (tertiary/aromatic N) is 1. The van der Waals surface area contributed by atoms with Crippen LogP contribution in [0.1, 0.15) is 13.3 Å². The molecule has 0 heterocycles. The highest BCUT2D eigenvalue weighted by Gasteiger charge is 2.08. The summed E-state index contributed by atoms with van der Waals surface area (Å²) >= 11 is 0. The van der Waals surface area contributed by atoms with E-state index in [0.717, 1.165) is 6.42 Å². The van der Waals surface area contributed by atoms with E-state index >= 15 is 0 Å². The van der Waals surface area contributed by atoms with E-state index in [2.05, 4.69) is 5.43 Å². The van der Waals surface area contributed by atoms with Crippen LogP contribution in [0.3, 0.4) is 0 Å². The highest BCUT2D eigenvalue weighted by atomic mass is 15.5. The molecule has 10 heavy (non-hydrogen) atoms. The molecule has 0 aromatic rings. The Morgan fingerprint density at radius 3 is 2.50 bits per heavy atom. The Balaban J connectivity index is 3.53. The average molecular weight is 147 g/mol. The topological polar surface area (TPSA) is 93.3 Å². The Kier molecular flexibility index (Phi) is 5.46. The number of hydrogen-bond acceptors (Lipinski definition) is 5. The summed E-state index contributed by atoms with van der Waals surface area (Å²) in [5.74, 6) is 10.8. The summed E-state index contributed by atoms with van der Waals surface area (Å²) in [7, 11) is 0. The van der Waals surface area contributed by atoms with Gasteiger partial charge in [0.05, 0.1) is 6.17 Å². The Morgan fingerprint density at radius 1 is 1.60 bits per heavy atom. The van der Waals surface area contributed by atoms with Gasteiger partial charge in [0.15, 0.2) is 0 Å². The molecule has 0 amide bonds. The van der Waals surface area contributed by atoms with Crippen molar-refractivity contribution < 1.29 is 0 Å². The molecule has 1 unspecified atom stereocenters. The molecule has 62 valence electrons. The van der Waals surface area contributed by atoms with Gasteiger partial charge in [-0.3, -0.25) is 11.7 Å². The maximum atomic E-state index is 5.56. The summed E-state index contributed by atoms with van der Waals surface area (Å²) in [6.45, 7) is 3.21. The monoisotopic (exact) mass is 147 g/mol. The summed E-state index contributed by atoms with van der Waals surface area (Å²) in [5.41, 5.74) is 7.87. The lowest BCUT2D eigenvalue weighted by Gasteiger charge is -2.24. The molecule has 0 rings (SSSR count). The van der Waals surface area contributed by atoms with Gasteiger partial charge < -0.3 is 5.73 Å². The van der Waals surface area contributed by atoms with E-state index in [9.17, 15) is 0 Å². The molecule has 5 nitrogen and oxygen atoms in total. The Bertz CT molecular complexity index is 72.4. The van der Waals surface area contributed by atoms with Crippen molar-refractivity contribution in [2.24, 2.45) is 17.4 Å². The van der Waals surface area contributed by atoms with E-state index in [1.807, 2.05) is 6.92 Å². The molecule has 0 spiro atoms. The largest absolute Gasteiger partial charge is 0.329 e. The van der Waals surface area contributed by atoms with E-state index < -0.39 is 0 Å². The van der Waals surface area contributed by atoms with Crippen LogP contribution in [0.15, 0.2) is 0 Å². The summed E-state index contributed by atoms with van der Waals surface area (Å²) in [6, 6.07) is 0. The van der Waals surface area contributed by atoms with E-state index in [4.69, 9.17) is 17.4 Å². The molecule has 0 radical (unpaired) electrons. The van der Waals surface area contributed by atoms with Crippen LogP contribution in [-0.2, 0) is 0 Å². The van der Waals surface area contributed by atoms with Crippen molar-refractivity contribution in [2.75, 3.05) is 13.1 Å². The maximum absolute atomic E-state index is 5.56. The third-order valence-corrected chi connectivity index (χ3v) is 1.37. The fraction of sp³-hybridized carbons (Fsp3) is 1.00. The number of rotatable bonds is 5. The molecule has 1 atom stereocenters. The minimum Gasteiger partial charge on any atom is -0.329 e. The third-order valence-electron chi connectivity index (χ3n) is 1.37. The van der Waals surface area contributed by atoms with Gasteiger partial charge in [-0.2, -0.15) is 0 Å². The molecule has 0 aromatic heterocycles. The summed E-state index contributed by atoms with van der Waals surface area (Å²) in [5, 5.41) is 1.60. The number of hydrazine groups is 2. The first-order chi connectivity index (χ1) is 4.76. The van der Waals surface area contributed by atoms with Crippen molar-refractivity contribution in [3.63, 3.8) is 0 Å². The maximum Gasteiger partial charge on any atom is 0.0853 e. The normalized spacial score (nSPS) is 14.1. The van der Waals surface area contributed by atoms with Gasteiger partial charge in [0.1, 0.15) is 0 Å². The van der Waals surface area contributed by atoms with Crippen molar-refractivity contribution in [1.82, 2.24) is 10.4 Å². The van der Waals surface area contributed by atoms with E-state index in [1.165, 1.54) is 0 Å². The van der Waals surface area contributed by atoms with Crippen LogP contribution < -0.4 is 22.8 Å². The van der Waals surface area contributed by atoms with Crippen LogP contribution in [0.4, 0.5) is 0 Å². The molecule has 0 saturated heterocycles. The van der Waals surface area contributed by atoms with Gasteiger partial charge in [0, 0.05) is 13.1 Å². The first kappa shape index (κ1) is 9.80. The van der Waals surface area contributed by atoms with Gasteiger partial charge >= 0.3 is 0 Å². The lowest BCUT2D eigenvalue weighted by Crippen LogP contribution is -2.53. The smallest absolute Gasteiger partial charge is 0.0853 e. The second-order valence-electron chi connectivity index (χ2n) is 2.12. The lowest BCUT2D eigenvalue weighted by atomic mass is 10.3. The van der Waals surface area contributed by atoms with Gasteiger partial charge in [0.25, 0.3) is 0 Å².